The van der Waals surface area contributed by atoms with E-state index in [2.05, 4.69) is 6.92 Å². The average molecular weight is 206 g/mol. The molecule has 0 aromatic rings. The molecule has 4 heteroatoms. The van der Waals surface area contributed by atoms with E-state index in [1.165, 1.54) is 12.2 Å². The predicted molar refractivity (Wildman–Crippen MR) is 54.5 cm³/mol. The van der Waals surface area contributed by atoms with Crippen molar-refractivity contribution in [2.24, 2.45) is 5.92 Å². The van der Waals surface area contributed by atoms with Crippen LogP contribution in [0.4, 0.5) is 0 Å². The topological polar surface area (TPSA) is 37.3 Å². The first-order chi connectivity index (χ1) is 5.74. The van der Waals surface area contributed by atoms with Gasteiger partial charge in [0.2, 0.25) is 0 Å². The molecule has 0 aliphatic carbocycles. The van der Waals surface area contributed by atoms with Crippen LogP contribution in [0, 0.1) is 5.92 Å². The van der Waals surface area contributed by atoms with Gasteiger partial charge in [-0.3, -0.25) is 4.79 Å². The average Bonchev–Trinajstić information content (AvgIpc) is 2.51. The Kier molecular flexibility index (Phi) is 4.29. The first-order valence-corrected chi connectivity index (χ1v) is 6.62. The molecular weight excluding hydrogens is 192 g/mol. The summed E-state index contributed by atoms with van der Waals surface area (Å²) in [5, 5.41) is 9.24. The van der Waals surface area contributed by atoms with Crippen molar-refractivity contribution < 1.29 is 9.90 Å². The number of carboxylic acids is 1. The van der Waals surface area contributed by atoms with Crippen LogP contribution in [-0.2, 0) is 4.79 Å². The van der Waals surface area contributed by atoms with Crippen LogP contribution in [0.3, 0.4) is 0 Å². The number of rotatable bonds is 4. The maximum absolute atomic E-state index is 10.5. The lowest BCUT2D eigenvalue weighted by molar-refractivity contribution is -0.138. The van der Waals surface area contributed by atoms with E-state index in [0.717, 1.165) is 6.42 Å². The molecule has 0 spiro atoms. The van der Waals surface area contributed by atoms with Gasteiger partial charge in [-0.2, -0.15) is 0 Å². The largest absolute Gasteiger partial charge is 0.481 e. The highest BCUT2D eigenvalue weighted by atomic mass is 33.1. The van der Waals surface area contributed by atoms with Crippen LogP contribution in [0.2, 0.25) is 0 Å². The minimum atomic E-state index is -0.653. The molecule has 1 aliphatic rings. The molecule has 1 saturated heterocycles. The van der Waals surface area contributed by atoms with Gasteiger partial charge in [0.25, 0.3) is 0 Å². The van der Waals surface area contributed by atoms with E-state index in [1.807, 2.05) is 21.6 Å². The smallest absolute Gasteiger partial charge is 0.303 e. The molecule has 1 rings (SSSR count). The highest BCUT2D eigenvalue weighted by Crippen LogP contribution is 2.43. The Morgan fingerprint density at radius 1 is 1.75 bits per heavy atom. The van der Waals surface area contributed by atoms with Gasteiger partial charge in [0.05, 0.1) is 0 Å². The summed E-state index contributed by atoms with van der Waals surface area (Å²) in [5.74, 6) is 0.910. The van der Waals surface area contributed by atoms with Crippen molar-refractivity contribution in [1.82, 2.24) is 0 Å². The monoisotopic (exact) mass is 206 g/mol. The normalized spacial score (nSPS) is 25.6. The molecule has 0 aromatic carbocycles. The van der Waals surface area contributed by atoms with Gasteiger partial charge in [-0.15, -0.1) is 0 Å². The van der Waals surface area contributed by atoms with Crippen LogP contribution >= 0.6 is 21.6 Å². The summed E-state index contributed by atoms with van der Waals surface area (Å²) < 4.78 is 0. The summed E-state index contributed by atoms with van der Waals surface area (Å²) in [6, 6.07) is 0. The van der Waals surface area contributed by atoms with E-state index in [0.29, 0.717) is 17.6 Å². The lowest BCUT2D eigenvalue weighted by atomic mass is 9.96. The van der Waals surface area contributed by atoms with Crippen LogP contribution in [0.25, 0.3) is 0 Å². The zero-order valence-electron chi connectivity index (χ0n) is 7.16. The van der Waals surface area contributed by atoms with E-state index < -0.39 is 5.97 Å². The van der Waals surface area contributed by atoms with Crippen LogP contribution in [0.5, 0.6) is 0 Å². The highest BCUT2D eigenvalue weighted by molar-refractivity contribution is 8.77. The van der Waals surface area contributed by atoms with Crippen molar-refractivity contribution in [3.63, 3.8) is 0 Å². The Morgan fingerprint density at radius 3 is 2.92 bits per heavy atom. The maximum atomic E-state index is 10.5. The zero-order chi connectivity index (χ0) is 8.97. The van der Waals surface area contributed by atoms with Crippen LogP contribution in [-0.4, -0.2) is 22.1 Å². The van der Waals surface area contributed by atoms with Crippen molar-refractivity contribution in [2.45, 2.75) is 31.4 Å². The van der Waals surface area contributed by atoms with Crippen LogP contribution in [0.15, 0.2) is 0 Å². The molecule has 0 aromatic heterocycles. The van der Waals surface area contributed by atoms with Gasteiger partial charge >= 0.3 is 5.97 Å². The minimum Gasteiger partial charge on any atom is -0.481 e. The second-order valence-electron chi connectivity index (χ2n) is 3.01. The molecule has 2 nitrogen and oxygen atoms in total. The molecule has 2 unspecified atom stereocenters. The van der Waals surface area contributed by atoms with Crippen molar-refractivity contribution in [1.29, 1.82) is 0 Å². The summed E-state index contributed by atoms with van der Waals surface area (Å²) in [4.78, 5) is 10.5. The summed E-state index contributed by atoms with van der Waals surface area (Å²) in [6.07, 6.45) is 2.51. The third-order valence-electron chi connectivity index (χ3n) is 2.16. The Bertz CT molecular complexity index is 155. The van der Waals surface area contributed by atoms with Crippen molar-refractivity contribution >= 4 is 27.6 Å². The fourth-order valence-corrected chi connectivity index (χ4v) is 4.72. The van der Waals surface area contributed by atoms with Crippen molar-refractivity contribution in [2.75, 3.05) is 5.75 Å². The fraction of sp³-hybridized carbons (Fsp3) is 0.875. The summed E-state index contributed by atoms with van der Waals surface area (Å²) in [6.45, 7) is 2.08. The van der Waals surface area contributed by atoms with Crippen LogP contribution in [0.1, 0.15) is 26.2 Å². The second kappa shape index (κ2) is 5.02. The molecule has 0 amide bonds. The van der Waals surface area contributed by atoms with Gasteiger partial charge < -0.3 is 5.11 Å². The number of carbonyl (C=O) groups is 1. The lowest BCUT2D eigenvalue weighted by Gasteiger charge is -2.17. The summed E-state index contributed by atoms with van der Waals surface area (Å²) in [5.41, 5.74) is 0. The quantitative estimate of drug-likeness (QED) is 0.717. The molecule has 0 radical (unpaired) electrons. The van der Waals surface area contributed by atoms with E-state index >= 15 is 0 Å². The Balaban J connectivity index is 2.37. The molecule has 1 N–H and O–H groups in total. The third kappa shape index (κ3) is 2.90. The van der Waals surface area contributed by atoms with Crippen molar-refractivity contribution in [3.8, 4) is 0 Å². The van der Waals surface area contributed by atoms with E-state index in [-0.39, 0.29) is 0 Å². The summed E-state index contributed by atoms with van der Waals surface area (Å²) >= 11 is 0. The third-order valence-corrected chi connectivity index (χ3v) is 5.22. The highest BCUT2D eigenvalue weighted by Gasteiger charge is 2.26. The standard InChI is InChI=1S/C8H14O2S2/c1-2-6(5-8(9)10)7-3-4-11-12-7/h6-7H,2-5H2,1H3,(H,9,10). The van der Waals surface area contributed by atoms with Gasteiger partial charge in [-0.05, 0) is 12.3 Å². The Labute approximate surface area is 80.9 Å². The minimum absolute atomic E-state index is 0.342. The zero-order valence-corrected chi connectivity index (χ0v) is 8.79. The summed E-state index contributed by atoms with van der Waals surface area (Å²) in [7, 11) is 3.75. The maximum Gasteiger partial charge on any atom is 0.303 e. The van der Waals surface area contributed by atoms with Crippen molar-refractivity contribution in [3.05, 3.63) is 0 Å². The number of hydrogen-bond acceptors (Lipinski definition) is 3. The number of aliphatic carboxylic acids is 1. The molecular formula is C8H14O2S2. The number of carboxylic acid groups (broad SMARTS) is 1. The van der Waals surface area contributed by atoms with Gasteiger partial charge in [-0.25, -0.2) is 0 Å². The first kappa shape index (κ1) is 10.3. The fourth-order valence-electron chi connectivity index (χ4n) is 1.43. The van der Waals surface area contributed by atoms with Gasteiger partial charge in [0, 0.05) is 17.4 Å². The molecule has 0 saturated carbocycles. The molecule has 70 valence electrons. The SMILES string of the molecule is CCC(CC(=O)O)C1CCSS1. The molecule has 0 bridgehead atoms. The first-order valence-electron chi connectivity index (χ1n) is 4.24. The van der Waals surface area contributed by atoms with E-state index in [1.54, 1.807) is 0 Å². The van der Waals surface area contributed by atoms with Gasteiger partial charge in [0.1, 0.15) is 0 Å². The Hall–Kier alpha value is 0.170. The molecule has 1 heterocycles. The van der Waals surface area contributed by atoms with Gasteiger partial charge in [-0.1, -0.05) is 34.9 Å². The molecule has 1 aliphatic heterocycles. The van der Waals surface area contributed by atoms with Crippen LogP contribution < -0.4 is 0 Å². The number of hydrogen-bond donors (Lipinski definition) is 1. The molecule has 12 heavy (non-hydrogen) atoms. The van der Waals surface area contributed by atoms with E-state index in [9.17, 15) is 4.79 Å². The molecule has 2 atom stereocenters. The molecule has 1 fully saturated rings. The van der Waals surface area contributed by atoms with Gasteiger partial charge in [0.15, 0.2) is 0 Å². The Morgan fingerprint density at radius 2 is 2.50 bits per heavy atom. The lowest BCUT2D eigenvalue weighted by Crippen LogP contribution is -2.17. The predicted octanol–water partition coefficient (Wildman–Crippen LogP) is 2.64. The van der Waals surface area contributed by atoms with E-state index in [4.69, 9.17) is 5.11 Å². The second-order valence-corrected chi connectivity index (χ2v) is 5.74.